The van der Waals surface area contributed by atoms with Crippen LogP contribution in [-0.4, -0.2) is 30.8 Å². The van der Waals surface area contributed by atoms with E-state index in [9.17, 15) is 4.79 Å². The summed E-state index contributed by atoms with van der Waals surface area (Å²) in [5, 5.41) is 0. The monoisotopic (exact) mass is 324 g/mol. The summed E-state index contributed by atoms with van der Waals surface area (Å²) in [4.78, 5) is 18.6. The maximum absolute atomic E-state index is 12.3. The lowest BCUT2D eigenvalue weighted by Crippen LogP contribution is -2.14. The van der Waals surface area contributed by atoms with Crippen molar-refractivity contribution in [2.45, 2.75) is 27.4 Å². The molecule has 0 amide bonds. The number of esters is 1. The van der Waals surface area contributed by atoms with E-state index in [2.05, 4.69) is 11.9 Å². The molecule has 2 rings (SSSR count). The van der Waals surface area contributed by atoms with E-state index in [-0.39, 0.29) is 12.6 Å². The van der Waals surface area contributed by atoms with Crippen molar-refractivity contribution >= 4 is 18.0 Å². The van der Waals surface area contributed by atoms with Crippen molar-refractivity contribution in [2.24, 2.45) is 4.99 Å². The van der Waals surface area contributed by atoms with Crippen molar-refractivity contribution in [1.82, 2.24) is 4.90 Å². The van der Waals surface area contributed by atoms with Crippen LogP contribution in [-0.2, 0) is 11.3 Å². The van der Waals surface area contributed by atoms with Crippen LogP contribution < -0.4 is 0 Å². The van der Waals surface area contributed by atoms with Gasteiger partial charge in [-0.05, 0) is 50.1 Å². The van der Waals surface area contributed by atoms with Crippen LogP contribution in [0, 0.1) is 13.8 Å². The smallest absolute Gasteiger partial charge is 0.338 e. The molecule has 0 aliphatic carbocycles. The van der Waals surface area contributed by atoms with E-state index < -0.39 is 0 Å². The molecule has 0 saturated carbocycles. The van der Waals surface area contributed by atoms with Gasteiger partial charge in [0.1, 0.15) is 6.61 Å². The maximum Gasteiger partial charge on any atom is 0.338 e. The van der Waals surface area contributed by atoms with Crippen LogP contribution >= 0.6 is 0 Å². The van der Waals surface area contributed by atoms with Crippen molar-refractivity contribution in [1.29, 1.82) is 0 Å². The molecule has 0 saturated heterocycles. The van der Waals surface area contributed by atoms with Crippen molar-refractivity contribution in [3.8, 4) is 0 Å². The number of carbonyl (C=O) groups excluding carboxylic acids is 1. The summed E-state index contributed by atoms with van der Waals surface area (Å²) in [7, 11) is 1.97. The molecule has 0 bridgehead atoms. The molecule has 4 heteroatoms. The van der Waals surface area contributed by atoms with Crippen molar-refractivity contribution < 1.29 is 9.53 Å². The van der Waals surface area contributed by atoms with Gasteiger partial charge in [0, 0.05) is 13.6 Å². The first-order valence-corrected chi connectivity index (χ1v) is 8.07. The summed E-state index contributed by atoms with van der Waals surface area (Å²) in [6.45, 7) is 7.16. The summed E-state index contributed by atoms with van der Waals surface area (Å²) >= 11 is 0. The van der Waals surface area contributed by atoms with E-state index in [4.69, 9.17) is 4.74 Å². The molecule has 0 heterocycles. The Morgan fingerprint density at radius 3 is 2.50 bits per heavy atom. The number of benzene rings is 2. The molecular weight excluding hydrogens is 300 g/mol. The van der Waals surface area contributed by atoms with Gasteiger partial charge in [-0.2, -0.15) is 0 Å². The molecule has 2 aromatic carbocycles. The summed E-state index contributed by atoms with van der Waals surface area (Å²) in [6.07, 6.45) is 1.78. The number of rotatable bonds is 6. The molecule has 0 aliphatic rings. The highest BCUT2D eigenvalue weighted by molar-refractivity contribution is 5.91. The van der Waals surface area contributed by atoms with Crippen LogP contribution in [0.5, 0.6) is 0 Å². The van der Waals surface area contributed by atoms with Crippen LogP contribution in [0.1, 0.15) is 34.0 Å². The molecule has 126 valence electrons. The fraction of sp³-hybridized carbons (Fsp3) is 0.300. The second-order valence-electron chi connectivity index (χ2n) is 5.88. The highest BCUT2D eigenvalue weighted by atomic mass is 16.5. The lowest BCUT2D eigenvalue weighted by molar-refractivity contribution is 0.0472. The Balaban J connectivity index is 2.01. The molecule has 0 unspecified atom stereocenters. The topological polar surface area (TPSA) is 41.9 Å². The van der Waals surface area contributed by atoms with Gasteiger partial charge >= 0.3 is 5.97 Å². The zero-order chi connectivity index (χ0) is 17.5. The second kappa shape index (κ2) is 8.29. The average molecular weight is 324 g/mol. The van der Waals surface area contributed by atoms with E-state index in [0.717, 1.165) is 23.4 Å². The van der Waals surface area contributed by atoms with Crippen LogP contribution in [0.25, 0.3) is 0 Å². The lowest BCUT2D eigenvalue weighted by Gasteiger charge is -2.10. The average Bonchev–Trinajstić information content (AvgIpc) is 2.59. The molecule has 4 nitrogen and oxygen atoms in total. The normalized spacial score (nSPS) is 10.8. The SMILES string of the molecule is CCN(C)/C=N/c1ccc(C(=O)OCc2ccc(C)cc2)c(C)c1. The van der Waals surface area contributed by atoms with E-state index in [1.807, 2.05) is 62.2 Å². The molecule has 24 heavy (non-hydrogen) atoms. The number of ether oxygens (including phenoxy) is 1. The zero-order valence-electron chi connectivity index (χ0n) is 14.7. The minimum absolute atomic E-state index is 0.278. The molecule has 0 radical (unpaired) electrons. The molecule has 0 aromatic heterocycles. The summed E-state index contributed by atoms with van der Waals surface area (Å²) in [5.41, 5.74) is 4.42. The van der Waals surface area contributed by atoms with Gasteiger partial charge in [-0.25, -0.2) is 9.79 Å². The molecule has 0 spiro atoms. The van der Waals surface area contributed by atoms with Gasteiger partial charge < -0.3 is 9.64 Å². The Bertz CT molecular complexity index is 721. The van der Waals surface area contributed by atoms with Crippen molar-refractivity contribution in [3.63, 3.8) is 0 Å². The van der Waals surface area contributed by atoms with Gasteiger partial charge in [0.15, 0.2) is 0 Å². The fourth-order valence-corrected chi connectivity index (χ4v) is 2.11. The minimum atomic E-state index is -0.311. The third-order valence-electron chi connectivity index (χ3n) is 3.82. The maximum atomic E-state index is 12.3. The molecular formula is C20H24N2O2. The van der Waals surface area contributed by atoms with Gasteiger partial charge in [-0.15, -0.1) is 0 Å². The molecule has 0 aliphatic heterocycles. The van der Waals surface area contributed by atoms with Crippen molar-refractivity contribution in [2.75, 3.05) is 13.6 Å². The van der Waals surface area contributed by atoms with Crippen LogP contribution in [0.15, 0.2) is 47.5 Å². The quantitative estimate of drug-likeness (QED) is 0.453. The largest absolute Gasteiger partial charge is 0.457 e. The first-order valence-electron chi connectivity index (χ1n) is 8.07. The van der Waals surface area contributed by atoms with E-state index >= 15 is 0 Å². The molecule has 0 N–H and O–H groups in total. The molecule has 0 atom stereocenters. The Morgan fingerprint density at radius 2 is 1.88 bits per heavy atom. The summed E-state index contributed by atoms with van der Waals surface area (Å²) in [6, 6.07) is 13.4. The van der Waals surface area contributed by atoms with Gasteiger partial charge in [-0.1, -0.05) is 29.8 Å². The van der Waals surface area contributed by atoms with E-state index in [1.165, 1.54) is 5.56 Å². The van der Waals surface area contributed by atoms with Crippen molar-refractivity contribution in [3.05, 3.63) is 64.7 Å². The third-order valence-corrected chi connectivity index (χ3v) is 3.82. The third kappa shape index (κ3) is 4.95. The summed E-state index contributed by atoms with van der Waals surface area (Å²) in [5.74, 6) is -0.311. The Kier molecular flexibility index (Phi) is 6.13. The molecule has 2 aromatic rings. The zero-order valence-corrected chi connectivity index (χ0v) is 14.7. The first-order chi connectivity index (χ1) is 11.5. The minimum Gasteiger partial charge on any atom is -0.457 e. The number of aryl methyl sites for hydroxylation is 2. The summed E-state index contributed by atoms with van der Waals surface area (Å²) < 4.78 is 5.40. The lowest BCUT2D eigenvalue weighted by atomic mass is 10.1. The molecule has 0 fully saturated rings. The number of nitrogens with zero attached hydrogens (tertiary/aromatic N) is 2. The fourth-order valence-electron chi connectivity index (χ4n) is 2.11. The Hall–Kier alpha value is -2.62. The number of carbonyl (C=O) groups is 1. The Morgan fingerprint density at radius 1 is 1.17 bits per heavy atom. The highest BCUT2D eigenvalue weighted by Gasteiger charge is 2.11. The second-order valence-corrected chi connectivity index (χ2v) is 5.88. The predicted octanol–water partition coefficient (Wildman–Crippen LogP) is 4.27. The van der Waals surface area contributed by atoms with E-state index in [0.29, 0.717) is 5.56 Å². The van der Waals surface area contributed by atoms with Crippen LogP contribution in [0.4, 0.5) is 5.69 Å². The van der Waals surface area contributed by atoms with Crippen LogP contribution in [0.2, 0.25) is 0 Å². The van der Waals surface area contributed by atoms with Gasteiger partial charge in [0.2, 0.25) is 0 Å². The number of aliphatic imine (C=N–C) groups is 1. The first kappa shape index (κ1) is 17.7. The van der Waals surface area contributed by atoms with Gasteiger partial charge in [0.25, 0.3) is 0 Å². The highest BCUT2D eigenvalue weighted by Crippen LogP contribution is 2.19. The van der Waals surface area contributed by atoms with Gasteiger partial charge in [-0.3, -0.25) is 0 Å². The predicted molar refractivity (Wildman–Crippen MR) is 97.9 cm³/mol. The standard InChI is InChI=1S/C20H24N2O2/c1-5-22(4)14-21-18-10-11-19(16(3)12-18)20(23)24-13-17-8-6-15(2)7-9-17/h6-12,14H,5,13H2,1-4H3/b21-14+. The number of hydrogen-bond acceptors (Lipinski definition) is 3. The Labute approximate surface area is 143 Å². The van der Waals surface area contributed by atoms with Crippen LogP contribution in [0.3, 0.4) is 0 Å². The van der Waals surface area contributed by atoms with Gasteiger partial charge in [0.05, 0.1) is 17.6 Å². The number of hydrogen-bond donors (Lipinski definition) is 0. The van der Waals surface area contributed by atoms with E-state index in [1.54, 1.807) is 12.4 Å².